The molecule has 4 nitrogen and oxygen atoms in total. The Balaban J connectivity index is 1.54. The van der Waals surface area contributed by atoms with E-state index in [-0.39, 0.29) is 21.7 Å². The van der Waals surface area contributed by atoms with Gasteiger partial charge in [-0.05, 0) is 96.4 Å². The average molecular weight is 865 g/mol. The summed E-state index contributed by atoms with van der Waals surface area (Å²) in [6, 6.07) is 39.2. The number of hydrogen-bond acceptors (Lipinski definition) is 4. The van der Waals surface area contributed by atoms with Crippen molar-refractivity contribution in [3.05, 3.63) is 154 Å². The molecule has 0 fully saturated rings. The highest BCUT2D eigenvalue weighted by Crippen LogP contribution is 2.56. The van der Waals surface area contributed by atoms with E-state index in [1.807, 2.05) is 0 Å². The molecule has 0 aromatic heterocycles. The third-order valence-electron chi connectivity index (χ3n) is 11.5. The number of hydrogen-bond donors (Lipinski definition) is 0. The molecule has 0 unspecified atom stereocenters. The molecule has 7 rings (SSSR count). The lowest BCUT2D eigenvalue weighted by Gasteiger charge is -2.35. The molecule has 0 aliphatic heterocycles. The second-order valence-electron chi connectivity index (χ2n) is 21.3. The van der Waals surface area contributed by atoms with Crippen molar-refractivity contribution < 1.29 is 18.1 Å². The maximum Gasteiger partial charge on any atom is 0.327 e. The SMILES string of the molecule is Cc1ccc(OP(Oc2ccc(C)cc2C(C)(C)C)c2ccc3c(c2P(Oc2ccc(C)cc2C(C)(C)C)Oc2ccc(C)cc2C(C)(C)C)-c2ccccc2-3)c(C(C)(C)C)c1. The molecule has 0 saturated heterocycles. The van der Waals surface area contributed by atoms with E-state index < -0.39 is 16.8 Å². The molecular weight excluding hydrogens is 799 g/mol. The van der Waals surface area contributed by atoms with Crippen LogP contribution in [0.1, 0.15) is 128 Å². The molecule has 6 aromatic carbocycles. The van der Waals surface area contributed by atoms with Gasteiger partial charge in [0.1, 0.15) is 23.0 Å². The first-order chi connectivity index (χ1) is 28.9. The lowest BCUT2D eigenvalue weighted by molar-refractivity contribution is 0.465. The zero-order chi connectivity index (χ0) is 45.1. The highest BCUT2D eigenvalue weighted by Gasteiger charge is 2.40. The smallest absolute Gasteiger partial charge is 0.327 e. The van der Waals surface area contributed by atoms with Crippen LogP contribution in [0.4, 0.5) is 0 Å². The van der Waals surface area contributed by atoms with Crippen LogP contribution < -0.4 is 28.7 Å². The fourth-order valence-electron chi connectivity index (χ4n) is 8.11. The van der Waals surface area contributed by atoms with Crippen LogP contribution in [0.25, 0.3) is 22.3 Å². The predicted octanol–water partition coefficient (Wildman–Crippen LogP) is 15.9. The quantitative estimate of drug-likeness (QED) is 0.128. The van der Waals surface area contributed by atoms with E-state index in [0.717, 1.165) is 61.4 Å². The number of benzene rings is 6. The van der Waals surface area contributed by atoms with Gasteiger partial charge in [0.05, 0.1) is 10.6 Å². The van der Waals surface area contributed by atoms with Crippen molar-refractivity contribution in [3.8, 4) is 45.3 Å². The van der Waals surface area contributed by atoms with E-state index in [1.54, 1.807) is 0 Å². The van der Waals surface area contributed by atoms with Crippen LogP contribution in [-0.4, -0.2) is 0 Å². The summed E-state index contributed by atoms with van der Waals surface area (Å²) in [4.78, 5) is 0. The van der Waals surface area contributed by atoms with Gasteiger partial charge in [-0.1, -0.05) is 184 Å². The first-order valence-electron chi connectivity index (χ1n) is 21.9. The summed E-state index contributed by atoms with van der Waals surface area (Å²) in [7, 11) is -3.74. The van der Waals surface area contributed by atoms with Gasteiger partial charge in [0.15, 0.2) is 0 Å². The standard InChI is InChI=1S/C56H66O4P2/c1-35-21-26-46(42(31-35)53(5,6)7)57-61(58-47-27-22-36(2)32-43(47)54(8,9)10)50-30-25-41-39-19-17-18-20-40(39)51(41)52(50)62(59-48-28-23-37(3)33-44(48)55(11,12)13)60-49-29-24-38(4)34-45(49)56(14,15)16/h17-34H,1-16H3. The molecular formula is C56H66O4P2. The predicted molar refractivity (Wildman–Crippen MR) is 266 cm³/mol. The molecule has 0 heterocycles. The molecule has 0 amide bonds. The van der Waals surface area contributed by atoms with Gasteiger partial charge in [-0.15, -0.1) is 0 Å². The van der Waals surface area contributed by atoms with Gasteiger partial charge >= 0.3 is 16.8 Å². The Bertz CT molecular complexity index is 2500. The van der Waals surface area contributed by atoms with E-state index in [2.05, 4.69) is 220 Å². The lowest BCUT2D eigenvalue weighted by atomic mass is 9.81. The monoisotopic (exact) mass is 864 g/mol. The van der Waals surface area contributed by atoms with Gasteiger partial charge in [-0.25, -0.2) is 0 Å². The Kier molecular flexibility index (Phi) is 12.3. The van der Waals surface area contributed by atoms with Gasteiger partial charge in [0.2, 0.25) is 0 Å². The fraction of sp³-hybridized carbons (Fsp3) is 0.357. The molecule has 1 aliphatic rings. The summed E-state index contributed by atoms with van der Waals surface area (Å²) in [5.74, 6) is 3.23. The molecule has 1 aliphatic carbocycles. The number of fused-ring (bicyclic) bond motifs is 4. The topological polar surface area (TPSA) is 36.9 Å². The summed E-state index contributed by atoms with van der Waals surface area (Å²) in [6.07, 6.45) is 0. The van der Waals surface area contributed by atoms with E-state index in [9.17, 15) is 0 Å². The van der Waals surface area contributed by atoms with Gasteiger partial charge in [-0.2, -0.15) is 0 Å². The lowest BCUT2D eigenvalue weighted by Crippen LogP contribution is -2.33. The average Bonchev–Trinajstić information content (AvgIpc) is 3.16. The van der Waals surface area contributed by atoms with Crippen molar-refractivity contribution in [1.82, 2.24) is 0 Å². The van der Waals surface area contributed by atoms with Gasteiger partial charge < -0.3 is 18.1 Å². The van der Waals surface area contributed by atoms with E-state index in [0.29, 0.717) is 0 Å². The minimum atomic E-state index is -1.88. The molecule has 6 heteroatoms. The Morgan fingerprint density at radius 3 is 1.00 bits per heavy atom. The van der Waals surface area contributed by atoms with Crippen molar-refractivity contribution in [1.29, 1.82) is 0 Å². The summed E-state index contributed by atoms with van der Waals surface area (Å²) in [6.45, 7) is 35.5. The van der Waals surface area contributed by atoms with E-state index in [4.69, 9.17) is 18.1 Å². The number of aryl methyl sites for hydroxylation is 4. The molecule has 0 radical (unpaired) electrons. The van der Waals surface area contributed by atoms with Crippen LogP contribution in [0.5, 0.6) is 23.0 Å². The first-order valence-corrected chi connectivity index (χ1v) is 24.3. The summed E-state index contributed by atoms with van der Waals surface area (Å²) in [5, 5.41) is 1.89. The number of rotatable bonds is 10. The Morgan fingerprint density at radius 2 is 0.661 bits per heavy atom. The molecule has 0 atom stereocenters. The highest BCUT2D eigenvalue weighted by atomic mass is 31.2. The molecule has 324 valence electrons. The largest absolute Gasteiger partial charge is 0.435 e. The first kappa shape index (κ1) is 45.4. The maximum absolute atomic E-state index is 7.52. The Hall–Kier alpha value is -4.62. The Labute approximate surface area is 375 Å². The minimum absolute atomic E-state index is 0.187. The van der Waals surface area contributed by atoms with E-state index in [1.165, 1.54) is 38.9 Å². The van der Waals surface area contributed by atoms with Crippen LogP contribution in [0, 0.1) is 27.7 Å². The van der Waals surface area contributed by atoms with Crippen LogP contribution >= 0.6 is 16.8 Å². The van der Waals surface area contributed by atoms with Crippen molar-refractivity contribution in [2.24, 2.45) is 0 Å². The van der Waals surface area contributed by atoms with Gasteiger partial charge in [0.25, 0.3) is 0 Å². The molecule has 0 N–H and O–H groups in total. The molecule has 0 spiro atoms. The zero-order valence-electron chi connectivity index (χ0n) is 39.9. The summed E-state index contributed by atoms with van der Waals surface area (Å²) < 4.78 is 29.9. The molecule has 62 heavy (non-hydrogen) atoms. The molecule has 6 aromatic rings. The van der Waals surface area contributed by atoms with Crippen molar-refractivity contribution in [2.45, 2.75) is 132 Å². The van der Waals surface area contributed by atoms with Crippen molar-refractivity contribution in [3.63, 3.8) is 0 Å². The van der Waals surface area contributed by atoms with E-state index >= 15 is 0 Å². The van der Waals surface area contributed by atoms with Crippen LogP contribution in [-0.2, 0) is 21.7 Å². The maximum atomic E-state index is 7.52. The van der Waals surface area contributed by atoms with Crippen LogP contribution in [0.15, 0.2) is 109 Å². The molecule has 0 bridgehead atoms. The third kappa shape index (κ3) is 9.49. The third-order valence-corrected chi connectivity index (χ3v) is 14.7. The molecule has 0 saturated carbocycles. The van der Waals surface area contributed by atoms with Crippen molar-refractivity contribution in [2.75, 3.05) is 0 Å². The normalized spacial score (nSPS) is 12.8. The van der Waals surface area contributed by atoms with Gasteiger partial charge in [-0.3, -0.25) is 0 Å². The van der Waals surface area contributed by atoms with Crippen LogP contribution in [0.3, 0.4) is 0 Å². The summed E-state index contributed by atoms with van der Waals surface area (Å²) in [5.41, 5.74) is 13.2. The highest BCUT2D eigenvalue weighted by molar-refractivity contribution is 7.64. The summed E-state index contributed by atoms with van der Waals surface area (Å²) >= 11 is 0. The van der Waals surface area contributed by atoms with Gasteiger partial charge in [0, 0.05) is 27.8 Å². The minimum Gasteiger partial charge on any atom is -0.435 e. The second kappa shape index (κ2) is 16.8. The second-order valence-corrected chi connectivity index (χ2v) is 24.0. The zero-order valence-corrected chi connectivity index (χ0v) is 41.7. The van der Waals surface area contributed by atoms with Crippen molar-refractivity contribution >= 4 is 27.4 Å². The Morgan fingerprint density at radius 1 is 0.339 bits per heavy atom. The van der Waals surface area contributed by atoms with Crippen LogP contribution in [0.2, 0.25) is 0 Å². The fourth-order valence-corrected chi connectivity index (χ4v) is 11.6.